The lowest BCUT2D eigenvalue weighted by Gasteiger charge is -2.47. The van der Waals surface area contributed by atoms with Gasteiger partial charge in [0.05, 0.1) is 10.9 Å². The van der Waals surface area contributed by atoms with Crippen LogP contribution in [0.15, 0.2) is 77.7 Å². The van der Waals surface area contributed by atoms with Gasteiger partial charge in [0.25, 0.3) is 0 Å². The van der Waals surface area contributed by atoms with Crippen molar-refractivity contribution in [3.05, 3.63) is 100 Å². The summed E-state index contributed by atoms with van der Waals surface area (Å²) in [4.78, 5) is 0.367. The predicted molar refractivity (Wildman–Crippen MR) is 125 cm³/mol. The average molecular weight is 452 g/mol. The first-order valence-electron chi connectivity index (χ1n) is 10.9. The van der Waals surface area contributed by atoms with E-state index < -0.39 is 10.0 Å². The predicted octanol–water partition coefficient (Wildman–Crippen LogP) is 6.13. The van der Waals surface area contributed by atoms with Gasteiger partial charge in [0.1, 0.15) is 0 Å². The SMILES string of the molecule is Cc1ccc(S(=O)(=O)N2CC[C@H]3c4ccccc4CC[C@H]3[C@@H]2c2ccc(Cl)cc2)cc1. The molecule has 0 aromatic heterocycles. The van der Waals surface area contributed by atoms with Gasteiger partial charge in [-0.15, -0.1) is 0 Å². The average Bonchev–Trinajstić information content (AvgIpc) is 2.79. The molecule has 0 spiro atoms. The Morgan fingerprint density at radius 2 is 1.61 bits per heavy atom. The maximum Gasteiger partial charge on any atom is 0.243 e. The third-order valence-corrected chi connectivity index (χ3v) is 9.08. The van der Waals surface area contributed by atoms with E-state index in [0.717, 1.165) is 30.4 Å². The summed E-state index contributed by atoms with van der Waals surface area (Å²) in [6, 6.07) is 23.4. The monoisotopic (exact) mass is 451 g/mol. The number of benzene rings is 3. The van der Waals surface area contributed by atoms with Crippen LogP contribution in [0.1, 0.15) is 47.1 Å². The van der Waals surface area contributed by atoms with Crippen molar-refractivity contribution in [1.29, 1.82) is 0 Å². The highest BCUT2D eigenvalue weighted by molar-refractivity contribution is 7.89. The molecule has 1 aliphatic carbocycles. The summed E-state index contributed by atoms with van der Waals surface area (Å²) in [5, 5.41) is 0.665. The molecule has 0 bridgehead atoms. The molecule has 3 nitrogen and oxygen atoms in total. The lowest BCUT2D eigenvalue weighted by Crippen LogP contribution is -2.46. The van der Waals surface area contributed by atoms with Crippen LogP contribution in [0.4, 0.5) is 0 Å². The molecule has 1 saturated heterocycles. The molecule has 0 amide bonds. The zero-order chi connectivity index (χ0) is 21.6. The topological polar surface area (TPSA) is 37.4 Å². The molecule has 0 unspecified atom stereocenters. The van der Waals surface area contributed by atoms with Crippen molar-refractivity contribution in [3.63, 3.8) is 0 Å². The standard InChI is InChI=1S/C26H26ClNO2S/c1-18-6-13-22(14-7-18)31(29,30)28-17-16-24-23-5-3-2-4-19(23)10-15-25(24)26(28)20-8-11-21(27)12-9-20/h2-9,11-14,24-26H,10,15-17H2,1H3/t24-,25+,26-/m0/s1. The molecule has 1 aliphatic heterocycles. The largest absolute Gasteiger partial charge is 0.243 e. The van der Waals surface area contributed by atoms with Crippen LogP contribution in [0.5, 0.6) is 0 Å². The summed E-state index contributed by atoms with van der Waals surface area (Å²) in [5.74, 6) is 0.611. The van der Waals surface area contributed by atoms with Gasteiger partial charge in [-0.25, -0.2) is 8.42 Å². The third-order valence-electron chi connectivity index (χ3n) is 6.93. The van der Waals surface area contributed by atoms with Gasteiger partial charge < -0.3 is 0 Å². The van der Waals surface area contributed by atoms with Crippen LogP contribution >= 0.6 is 11.6 Å². The van der Waals surface area contributed by atoms with Crippen LogP contribution in [0.25, 0.3) is 0 Å². The molecule has 0 N–H and O–H groups in total. The van der Waals surface area contributed by atoms with Gasteiger partial charge in [0.15, 0.2) is 0 Å². The Labute approximate surface area is 189 Å². The maximum atomic E-state index is 13.8. The lowest BCUT2D eigenvalue weighted by molar-refractivity contribution is 0.135. The van der Waals surface area contributed by atoms with Crippen LogP contribution in [0.3, 0.4) is 0 Å². The number of piperidine rings is 1. The highest BCUT2D eigenvalue weighted by Gasteiger charge is 2.46. The van der Waals surface area contributed by atoms with Crippen LogP contribution < -0.4 is 0 Å². The second kappa shape index (κ2) is 8.09. The molecule has 3 atom stereocenters. The van der Waals surface area contributed by atoms with Gasteiger partial charge in [-0.3, -0.25) is 0 Å². The fourth-order valence-corrected chi connectivity index (χ4v) is 7.23. The minimum Gasteiger partial charge on any atom is -0.207 e. The molecular formula is C26H26ClNO2S. The normalized spacial score (nSPS) is 23.7. The Bertz CT molecular complexity index is 1190. The molecule has 5 rings (SSSR count). The third kappa shape index (κ3) is 3.71. The highest BCUT2D eigenvalue weighted by atomic mass is 35.5. The molecule has 5 heteroatoms. The van der Waals surface area contributed by atoms with Gasteiger partial charge in [-0.05, 0) is 79.0 Å². The Morgan fingerprint density at radius 3 is 2.35 bits per heavy atom. The van der Waals surface area contributed by atoms with E-state index in [4.69, 9.17) is 11.6 Å². The lowest BCUT2D eigenvalue weighted by atomic mass is 9.67. The Hall–Kier alpha value is -2.14. The molecular weight excluding hydrogens is 426 g/mol. The van der Waals surface area contributed by atoms with Crippen LogP contribution in [0.2, 0.25) is 5.02 Å². The zero-order valence-corrected chi connectivity index (χ0v) is 19.1. The van der Waals surface area contributed by atoms with Gasteiger partial charge >= 0.3 is 0 Å². The van der Waals surface area contributed by atoms with Crippen LogP contribution in [-0.4, -0.2) is 19.3 Å². The first-order chi connectivity index (χ1) is 14.9. The molecule has 0 saturated carbocycles. The first-order valence-corrected chi connectivity index (χ1v) is 12.7. The quantitative estimate of drug-likeness (QED) is 0.480. The molecule has 160 valence electrons. The number of nitrogens with zero attached hydrogens (tertiary/aromatic N) is 1. The van der Waals surface area contributed by atoms with E-state index in [1.165, 1.54) is 11.1 Å². The minimum absolute atomic E-state index is 0.198. The summed E-state index contributed by atoms with van der Waals surface area (Å²) < 4.78 is 29.3. The number of sulfonamides is 1. The number of hydrogen-bond donors (Lipinski definition) is 0. The van der Waals surface area contributed by atoms with Gasteiger partial charge in [0.2, 0.25) is 10.0 Å². The van der Waals surface area contributed by atoms with E-state index in [2.05, 4.69) is 24.3 Å². The zero-order valence-electron chi connectivity index (χ0n) is 17.5. The highest BCUT2D eigenvalue weighted by Crippen LogP contribution is 2.51. The van der Waals surface area contributed by atoms with Gasteiger partial charge in [-0.2, -0.15) is 4.31 Å². The second-order valence-corrected chi connectivity index (χ2v) is 11.0. The number of halogens is 1. The Kier molecular flexibility index (Phi) is 5.41. The van der Waals surface area contributed by atoms with Crippen molar-refractivity contribution >= 4 is 21.6 Å². The molecule has 1 heterocycles. The summed E-state index contributed by atoms with van der Waals surface area (Å²) >= 11 is 6.16. The van der Waals surface area contributed by atoms with Crippen LogP contribution in [-0.2, 0) is 16.4 Å². The van der Waals surface area contributed by atoms with E-state index in [1.54, 1.807) is 16.4 Å². The number of aryl methyl sites for hydroxylation is 2. The molecule has 0 radical (unpaired) electrons. The molecule has 2 aliphatic rings. The second-order valence-electron chi connectivity index (χ2n) is 8.72. The van der Waals surface area contributed by atoms with E-state index >= 15 is 0 Å². The number of hydrogen-bond acceptors (Lipinski definition) is 2. The van der Waals surface area contributed by atoms with Gasteiger partial charge in [0, 0.05) is 11.6 Å². The van der Waals surface area contributed by atoms with Crippen molar-refractivity contribution < 1.29 is 8.42 Å². The van der Waals surface area contributed by atoms with Crippen molar-refractivity contribution in [2.45, 2.75) is 43.0 Å². The summed E-state index contributed by atoms with van der Waals surface area (Å²) in [5.41, 5.74) is 4.88. The van der Waals surface area contributed by atoms with E-state index in [0.29, 0.717) is 22.4 Å². The molecule has 3 aromatic rings. The van der Waals surface area contributed by atoms with Crippen molar-refractivity contribution in [1.82, 2.24) is 4.31 Å². The molecule has 3 aromatic carbocycles. The first kappa shape index (κ1) is 20.7. The van der Waals surface area contributed by atoms with Gasteiger partial charge in [-0.1, -0.05) is 65.7 Å². The summed E-state index contributed by atoms with van der Waals surface area (Å²) in [6.07, 6.45) is 2.81. The number of fused-ring (bicyclic) bond motifs is 3. The summed E-state index contributed by atoms with van der Waals surface area (Å²) in [6.45, 7) is 2.48. The van der Waals surface area contributed by atoms with Crippen molar-refractivity contribution in [3.8, 4) is 0 Å². The summed E-state index contributed by atoms with van der Waals surface area (Å²) in [7, 11) is -3.61. The van der Waals surface area contributed by atoms with E-state index in [9.17, 15) is 8.42 Å². The van der Waals surface area contributed by atoms with Crippen molar-refractivity contribution in [2.75, 3.05) is 6.54 Å². The fraction of sp³-hybridized carbons (Fsp3) is 0.308. The van der Waals surface area contributed by atoms with E-state index in [1.807, 2.05) is 43.3 Å². The van der Waals surface area contributed by atoms with E-state index in [-0.39, 0.29) is 12.0 Å². The molecule has 1 fully saturated rings. The van der Waals surface area contributed by atoms with Crippen LogP contribution in [0, 0.1) is 12.8 Å². The Morgan fingerprint density at radius 1 is 0.903 bits per heavy atom. The smallest absolute Gasteiger partial charge is 0.207 e. The fourth-order valence-electron chi connectivity index (χ4n) is 5.43. The van der Waals surface area contributed by atoms with Crippen molar-refractivity contribution in [2.24, 2.45) is 5.92 Å². The maximum absolute atomic E-state index is 13.8. The Balaban J connectivity index is 1.60. The number of rotatable bonds is 3. The minimum atomic E-state index is -3.61. The molecule has 31 heavy (non-hydrogen) atoms.